The van der Waals surface area contributed by atoms with Gasteiger partial charge in [-0.25, -0.2) is 4.79 Å². The highest BCUT2D eigenvalue weighted by atomic mass is 32.5. The molecule has 0 spiro atoms. The van der Waals surface area contributed by atoms with Gasteiger partial charge in [0.25, 0.3) is 6.64 Å². The second-order valence-corrected chi connectivity index (χ2v) is 7.59. The van der Waals surface area contributed by atoms with Crippen molar-refractivity contribution < 1.29 is 14.6 Å². The molecule has 0 bridgehead atoms. The predicted molar refractivity (Wildman–Crippen MR) is 91.2 cm³/mol. The van der Waals surface area contributed by atoms with Gasteiger partial charge < -0.3 is 9.79 Å². The summed E-state index contributed by atoms with van der Waals surface area (Å²) in [6, 6.07) is 14.0. The van der Waals surface area contributed by atoms with Gasteiger partial charge in [-0.15, -0.1) is 0 Å². The highest BCUT2D eigenvalue weighted by molar-refractivity contribution is 8.08. The van der Waals surface area contributed by atoms with Crippen LogP contribution in [0, 0.1) is 0 Å². The number of carbonyl (C=O) groups excluding carboxylic acids is 1. The Morgan fingerprint density at radius 1 is 0.955 bits per heavy atom. The Balaban J connectivity index is 2.17. The van der Waals surface area contributed by atoms with Crippen molar-refractivity contribution in [3.05, 3.63) is 59.7 Å². The van der Waals surface area contributed by atoms with Crippen molar-refractivity contribution in [1.29, 1.82) is 0 Å². The average molecular weight is 332 g/mol. The van der Waals surface area contributed by atoms with Crippen LogP contribution in [-0.4, -0.2) is 15.8 Å². The Kier molecular flexibility index (Phi) is 3.85. The third kappa shape index (κ3) is 2.96. The van der Waals surface area contributed by atoms with Crippen LogP contribution in [-0.2, 0) is 11.8 Å². The molecule has 0 atom stereocenters. The first-order valence-electron chi connectivity index (χ1n) is 6.50. The van der Waals surface area contributed by atoms with Crippen molar-refractivity contribution in [3.63, 3.8) is 0 Å². The molecule has 0 saturated carbocycles. The van der Waals surface area contributed by atoms with Crippen LogP contribution >= 0.6 is 6.64 Å². The van der Waals surface area contributed by atoms with E-state index < -0.39 is 12.7 Å². The lowest BCUT2D eigenvalue weighted by Gasteiger charge is -2.26. The minimum atomic E-state index is -3.85. The highest BCUT2D eigenvalue weighted by Gasteiger charge is 2.26. The van der Waals surface area contributed by atoms with Crippen molar-refractivity contribution in [2.45, 2.75) is 0 Å². The SMILES string of the molecule is O=C(NP(O)(O)=S)N1c2ccccc2C=Cc2ccccc21. The number of anilines is 2. The zero-order valence-corrected chi connectivity index (χ0v) is 13.1. The van der Waals surface area contributed by atoms with E-state index in [0.717, 1.165) is 11.1 Å². The zero-order valence-electron chi connectivity index (χ0n) is 11.4. The molecule has 2 amide bonds. The van der Waals surface area contributed by atoms with Crippen LogP contribution < -0.4 is 9.99 Å². The molecular weight excluding hydrogens is 319 g/mol. The lowest BCUT2D eigenvalue weighted by atomic mass is 10.1. The van der Waals surface area contributed by atoms with Gasteiger partial charge in [0, 0.05) is 0 Å². The molecule has 5 nitrogen and oxygen atoms in total. The van der Waals surface area contributed by atoms with Gasteiger partial charge in [0.2, 0.25) is 0 Å². The van der Waals surface area contributed by atoms with Gasteiger partial charge in [-0.2, -0.15) is 0 Å². The summed E-state index contributed by atoms with van der Waals surface area (Å²) >= 11 is 4.51. The first-order chi connectivity index (χ1) is 10.5. The number of amides is 2. The maximum absolute atomic E-state index is 12.5. The number of nitrogens with one attached hydrogen (secondary N) is 1. The van der Waals surface area contributed by atoms with Crippen molar-refractivity contribution in [1.82, 2.24) is 5.09 Å². The molecule has 0 aliphatic carbocycles. The number of carbonyl (C=O) groups is 1. The Bertz CT molecular complexity index is 766. The van der Waals surface area contributed by atoms with Gasteiger partial charge in [0.05, 0.1) is 11.4 Å². The molecule has 112 valence electrons. The van der Waals surface area contributed by atoms with E-state index in [1.165, 1.54) is 4.90 Å². The third-order valence-electron chi connectivity index (χ3n) is 3.24. The van der Waals surface area contributed by atoms with Crippen LogP contribution in [0.15, 0.2) is 48.5 Å². The maximum atomic E-state index is 12.5. The minimum Gasteiger partial charge on any atom is -0.330 e. The summed E-state index contributed by atoms with van der Waals surface area (Å²) < 4.78 is 0. The van der Waals surface area contributed by atoms with E-state index in [0.29, 0.717) is 11.4 Å². The summed E-state index contributed by atoms with van der Waals surface area (Å²) in [6.07, 6.45) is 3.82. The number of para-hydroxylation sites is 2. The number of rotatable bonds is 1. The third-order valence-corrected chi connectivity index (χ3v) is 4.00. The maximum Gasteiger partial charge on any atom is 0.333 e. The van der Waals surface area contributed by atoms with Gasteiger partial charge in [-0.1, -0.05) is 48.6 Å². The van der Waals surface area contributed by atoms with Crippen molar-refractivity contribution in [3.8, 4) is 0 Å². The molecule has 3 rings (SSSR count). The van der Waals surface area contributed by atoms with Crippen LogP contribution in [0.5, 0.6) is 0 Å². The zero-order chi connectivity index (χ0) is 15.7. The molecule has 2 aromatic carbocycles. The molecular formula is C15H13N2O3PS. The first-order valence-corrected chi connectivity index (χ1v) is 9.20. The topological polar surface area (TPSA) is 72.8 Å². The molecule has 7 heteroatoms. The van der Waals surface area contributed by atoms with E-state index in [1.54, 1.807) is 12.1 Å². The number of fused-ring (bicyclic) bond motifs is 2. The van der Waals surface area contributed by atoms with E-state index in [4.69, 9.17) is 0 Å². The van der Waals surface area contributed by atoms with E-state index in [-0.39, 0.29) is 0 Å². The van der Waals surface area contributed by atoms with Crippen LogP contribution in [0.1, 0.15) is 11.1 Å². The Morgan fingerprint density at radius 2 is 1.41 bits per heavy atom. The number of nitrogens with zero attached hydrogens (tertiary/aromatic N) is 1. The van der Waals surface area contributed by atoms with Crippen molar-refractivity contribution in [2.75, 3.05) is 4.90 Å². The van der Waals surface area contributed by atoms with Crippen molar-refractivity contribution >= 4 is 48.0 Å². The first kappa shape index (κ1) is 14.9. The molecule has 3 N–H and O–H groups in total. The fourth-order valence-electron chi connectivity index (χ4n) is 2.37. The van der Waals surface area contributed by atoms with E-state index in [2.05, 4.69) is 16.9 Å². The molecule has 0 radical (unpaired) electrons. The van der Waals surface area contributed by atoms with E-state index in [1.807, 2.05) is 48.6 Å². The molecule has 1 heterocycles. The quantitative estimate of drug-likeness (QED) is 0.701. The molecule has 0 fully saturated rings. The lowest BCUT2D eigenvalue weighted by molar-refractivity contribution is 0.252. The number of hydrogen-bond acceptors (Lipinski definition) is 2. The fourth-order valence-corrected chi connectivity index (χ4v) is 2.95. The highest BCUT2D eigenvalue weighted by Crippen LogP contribution is 2.38. The van der Waals surface area contributed by atoms with Crippen molar-refractivity contribution in [2.24, 2.45) is 0 Å². The summed E-state index contributed by atoms with van der Waals surface area (Å²) in [5.74, 6) is 0. The largest absolute Gasteiger partial charge is 0.333 e. The summed E-state index contributed by atoms with van der Waals surface area (Å²) in [4.78, 5) is 32.7. The van der Waals surface area contributed by atoms with Crippen LogP contribution in [0.3, 0.4) is 0 Å². The number of hydrogen-bond donors (Lipinski definition) is 3. The van der Waals surface area contributed by atoms with Gasteiger partial charge >= 0.3 is 6.03 Å². The molecule has 22 heavy (non-hydrogen) atoms. The van der Waals surface area contributed by atoms with Gasteiger partial charge in [-0.3, -0.25) is 9.99 Å². The molecule has 0 aromatic heterocycles. The minimum absolute atomic E-state index is 0.643. The standard InChI is InChI=1S/C15H13N2O3PS/c18-15(16-21(19,20)22)17-13-7-3-1-5-11(13)9-10-12-6-2-4-8-14(12)17/h1-10H,(H3,16,18,19,20,22). The Morgan fingerprint density at radius 3 is 1.86 bits per heavy atom. The number of urea groups is 1. The summed E-state index contributed by atoms with van der Waals surface area (Å²) in [7, 11) is 0. The van der Waals surface area contributed by atoms with Gasteiger partial charge in [-0.05, 0) is 35.1 Å². The van der Waals surface area contributed by atoms with E-state index in [9.17, 15) is 14.6 Å². The Hall–Kier alpha value is -1.98. The molecule has 0 unspecified atom stereocenters. The summed E-state index contributed by atoms with van der Waals surface area (Å²) in [5.41, 5.74) is 2.98. The molecule has 0 saturated heterocycles. The number of benzene rings is 2. The van der Waals surface area contributed by atoms with Crippen LogP contribution in [0.4, 0.5) is 16.2 Å². The average Bonchev–Trinajstić information content (AvgIpc) is 2.62. The second kappa shape index (κ2) is 5.66. The summed E-state index contributed by atoms with van der Waals surface area (Å²) in [6.45, 7) is -3.85. The van der Waals surface area contributed by atoms with Gasteiger partial charge in [0.15, 0.2) is 0 Å². The summed E-state index contributed by atoms with van der Waals surface area (Å²) in [5, 5.41) is 2.09. The lowest BCUT2D eigenvalue weighted by Crippen LogP contribution is -2.35. The molecule has 1 aliphatic heterocycles. The smallest absolute Gasteiger partial charge is 0.330 e. The van der Waals surface area contributed by atoms with Gasteiger partial charge in [0.1, 0.15) is 0 Å². The fraction of sp³-hybridized carbons (Fsp3) is 0. The monoisotopic (exact) mass is 332 g/mol. The van der Waals surface area contributed by atoms with E-state index >= 15 is 0 Å². The predicted octanol–water partition coefficient (Wildman–Crippen LogP) is 3.23. The Labute approximate surface area is 132 Å². The molecule has 2 aromatic rings. The normalized spacial score (nSPS) is 13.1. The van der Waals surface area contributed by atoms with Crippen LogP contribution in [0.2, 0.25) is 0 Å². The molecule has 1 aliphatic rings. The van der Waals surface area contributed by atoms with Crippen LogP contribution in [0.25, 0.3) is 12.2 Å². The second-order valence-electron chi connectivity index (χ2n) is 4.75.